The van der Waals surface area contributed by atoms with Crippen LogP contribution in [0.2, 0.25) is 0 Å². The van der Waals surface area contributed by atoms with Gasteiger partial charge in [-0.25, -0.2) is 0 Å². The number of amides is 1. The van der Waals surface area contributed by atoms with Gasteiger partial charge in [-0.15, -0.1) is 0 Å². The third-order valence-corrected chi connectivity index (χ3v) is 5.97. The molecule has 0 aromatic heterocycles. The lowest BCUT2D eigenvalue weighted by atomic mass is 10.1. The number of halogens is 3. The smallest absolute Gasteiger partial charge is 0.266 e. The minimum atomic E-state index is -0.480. The summed E-state index contributed by atoms with van der Waals surface area (Å²) in [4.78, 5) is 12.7. The standard InChI is InChI=1S/C24H17Br3N2O2/c1-15-4-2-3-5-22(15)29-24(30)18(13-28)10-17-11-20(26)12-21(27)23(17)31-14-16-6-8-19(25)9-7-16/h2-12H,14H2,1H3,(H,29,30)/b18-10+. The zero-order valence-corrected chi connectivity index (χ0v) is 21.2. The van der Waals surface area contributed by atoms with Crippen LogP contribution in [0, 0.1) is 18.3 Å². The van der Waals surface area contributed by atoms with Gasteiger partial charge in [-0.2, -0.15) is 5.26 Å². The lowest BCUT2D eigenvalue weighted by molar-refractivity contribution is -0.112. The van der Waals surface area contributed by atoms with Crippen molar-refractivity contribution in [2.24, 2.45) is 0 Å². The van der Waals surface area contributed by atoms with Crippen LogP contribution < -0.4 is 10.1 Å². The third kappa shape index (κ3) is 6.30. The number of nitrogens with one attached hydrogen (secondary N) is 1. The number of rotatable bonds is 6. The van der Waals surface area contributed by atoms with E-state index in [0.29, 0.717) is 28.1 Å². The maximum absolute atomic E-state index is 12.7. The van der Waals surface area contributed by atoms with E-state index in [-0.39, 0.29) is 5.57 Å². The molecule has 0 unspecified atom stereocenters. The number of ether oxygens (including phenoxy) is 1. The average Bonchev–Trinajstić information content (AvgIpc) is 2.74. The van der Waals surface area contributed by atoms with Crippen LogP contribution in [-0.2, 0) is 11.4 Å². The molecule has 3 aromatic rings. The van der Waals surface area contributed by atoms with Crippen LogP contribution in [0.25, 0.3) is 6.08 Å². The number of aryl methyl sites for hydroxylation is 1. The molecule has 1 N–H and O–H groups in total. The van der Waals surface area contributed by atoms with E-state index in [1.165, 1.54) is 6.08 Å². The van der Waals surface area contributed by atoms with Gasteiger partial charge in [0.05, 0.1) is 4.47 Å². The summed E-state index contributed by atoms with van der Waals surface area (Å²) in [5.74, 6) is 0.0642. The molecule has 4 nitrogen and oxygen atoms in total. The van der Waals surface area contributed by atoms with E-state index < -0.39 is 5.91 Å². The van der Waals surface area contributed by atoms with Crippen molar-refractivity contribution in [3.05, 3.63) is 96.3 Å². The predicted octanol–water partition coefficient (Wildman–Crippen LogP) is 7.41. The highest BCUT2D eigenvalue weighted by molar-refractivity contribution is 9.11. The van der Waals surface area contributed by atoms with Gasteiger partial charge in [0.25, 0.3) is 5.91 Å². The predicted molar refractivity (Wildman–Crippen MR) is 134 cm³/mol. The highest BCUT2D eigenvalue weighted by atomic mass is 79.9. The first-order chi connectivity index (χ1) is 14.9. The molecule has 0 bridgehead atoms. The van der Waals surface area contributed by atoms with Gasteiger partial charge in [0, 0.05) is 20.2 Å². The Morgan fingerprint density at radius 3 is 2.45 bits per heavy atom. The molecule has 0 fully saturated rings. The summed E-state index contributed by atoms with van der Waals surface area (Å²) in [5.41, 5.74) is 3.15. The summed E-state index contributed by atoms with van der Waals surface area (Å²) in [6.45, 7) is 2.23. The van der Waals surface area contributed by atoms with E-state index in [1.807, 2.05) is 61.5 Å². The molecule has 0 saturated carbocycles. The second kappa shape index (κ2) is 10.8. The largest absolute Gasteiger partial charge is 0.487 e. The van der Waals surface area contributed by atoms with Gasteiger partial charge in [0.2, 0.25) is 0 Å². The summed E-state index contributed by atoms with van der Waals surface area (Å²) < 4.78 is 8.53. The van der Waals surface area contributed by atoms with Crippen LogP contribution in [0.1, 0.15) is 16.7 Å². The van der Waals surface area contributed by atoms with Crippen LogP contribution in [0.4, 0.5) is 5.69 Å². The van der Waals surface area contributed by atoms with Crippen LogP contribution in [-0.4, -0.2) is 5.91 Å². The molecule has 1 amide bonds. The molecule has 0 aliphatic carbocycles. The van der Waals surface area contributed by atoms with Crippen molar-refractivity contribution in [3.8, 4) is 11.8 Å². The number of hydrogen-bond donors (Lipinski definition) is 1. The Morgan fingerprint density at radius 1 is 1.06 bits per heavy atom. The molecule has 156 valence electrons. The molecule has 0 aliphatic heterocycles. The zero-order chi connectivity index (χ0) is 22.4. The number of hydrogen-bond acceptors (Lipinski definition) is 3. The number of carbonyl (C=O) groups is 1. The molecule has 3 aromatic carbocycles. The minimum Gasteiger partial charge on any atom is -0.487 e. The summed E-state index contributed by atoms with van der Waals surface area (Å²) in [7, 11) is 0. The monoisotopic (exact) mass is 602 g/mol. The fraction of sp³-hybridized carbons (Fsp3) is 0.0833. The van der Waals surface area contributed by atoms with Crippen LogP contribution in [0.5, 0.6) is 5.75 Å². The van der Waals surface area contributed by atoms with Gasteiger partial charge in [0.15, 0.2) is 0 Å². The Balaban J connectivity index is 1.89. The first-order valence-electron chi connectivity index (χ1n) is 9.22. The molecule has 0 saturated heterocycles. The maximum Gasteiger partial charge on any atom is 0.266 e. The number of para-hydroxylation sites is 1. The number of nitrogens with zero attached hydrogens (tertiary/aromatic N) is 1. The SMILES string of the molecule is Cc1ccccc1NC(=O)/C(C#N)=C/c1cc(Br)cc(Br)c1OCc1ccc(Br)cc1. The fourth-order valence-corrected chi connectivity index (χ4v) is 4.42. The minimum absolute atomic E-state index is 0.0262. The van der Waals surface area contributed by atoms with Gasteiger partial charge in [-0.1, -0.05) is 62.2 Å². The second-order valence-corrected chi connectivity index (χ2v) is 9.35. The maximum atomic E-state index is 12.7. The molecule has 7 heteroatoms. The Morgan fingerprint density at radius 2 is 1.77 bits per heavy atom. The molecule has 0 radical (unpaired) electrons. The Labute approximate surface area is 206 Å². The molecule has 3 rings (SSSR count). The van der Waals surface area contributed by atoms with E-state index in [0.717, 1.165) is 20.1 Å². The number of nitriles is 1. The van der Waals surface area contributed by atoms with Gasteiger partial charge in [-0.05, 0) is 70.4 Å². The van der Waals surface area contributed by atoms with E-state index in [2.05, 4.69) is 53.1 Å². The first-order valence-corrected chi connectivity index (χ1v) is 11.6. The summed E-state index contributed by atoms with van der Waals surface area (Å²) in [5, 5.41) is 12.4. The van der Waals surface area contributed by atoms with E-state index >= 15 is 0 Å². The Kier molecular flexibility index (Phi) is 8.08. The van der Waals surface area contributed by atoms with Crippen molar-refractivity contribution in [2.75, 3.05) is 5.32 Å². The topological polar surface area (TPSA) is 62.1 Å². The molecule has 31 heavy (non-hydrogen) atoms. The second-order valence-electron chi connectivity index (χ2n) is 6.66. The number of benzene rings is 3. The highest BCUT2D eigenvalue weighted by Gasteiger charge is 2.15. The summed E-state index contributed by atoms with van der Waals surface area (Å²) in [6.07, 6.45) is 1.53. The Hall–Kier alpha value is -2.40. The van der Waals surface area contributed by atoms with Crippen molar-refractivity contribution in [1.29, 1.82) is 5.26 Å². The number of anilines is 1. The van der Waals surface area contributed by atoms with Gasteiger partial charge in [0.1, 0.15) is 24.0 Å². The van der Waals surface area contributed by atoms with Crippen LogP contribution in [0.3, 0.4) is 0 Å². The fourth-order valence-electron chi connectivity index (χ4n) is 2.78. The van der Waals surface area contributed by atoms with Gasteiger partial charge in [-0.3, -0.25) is 4.79 Å². The molecular formula is C24H17Br3N2O2. The van der Waals surface area contributed by atoms with Gasteiger partial charge < -0.3 is 10.1 Å². The van der Waals surface area contributed by atoms with Crippen molar-refractivity contribution < 1.29 is 9.53 Å². The lowest BCUT2D eigenvalue weighted by Crippen LogP contribution is -2.14. The van der Waals surface area contributed by atoms with Crippen LogP contribution in [0.15, 0.2) is 79.7 Å². The highest BCUT2D eigenvalue weighted by Crippen LogP contribution is 2.35. The van der Waals surface area contributed by atoms with Crippen molar-refractivity contribution >= 4 is 65.5 Å². The Bertz CT molecular complexity index is 1180. The van der Waals surface area contributed by atoms with E-state index in [1.54, 1.807) is 12.1 Å². The first kappa shape index (κ1) is 23.3. The molecule has 0 heterocycles. The van der Waals surface area contributed by atoms with Crippen molar-refractivity contribution in [2.45, 2.75) is 13.5 Å². The van der Waals surface area contributed by atoms with Crippen LogP contribution >= 0.6 is 47.8 Å². The molecular weight excluding hydrogens is 588 g/mol. The zero-order valence-electron chi connectivity index (χ0n) is 16.5. The van der Waals surface area contributed by atoms with Crippen molar-refractivity contribution in [3.63, 3.8) is 0 Å². The van der Waals surface area contributed by atoms with Crippen molar-refractivity contribution in [1.82, 2.24) is 0 Å². The van der Waals surface area contributed by atoms with E-state index in [4.69, 9.17) is 4.74 Å². The van der Waals surface area contributed by atoms with E-state index in [9.17, 15) is 10.1 Å². The van der Waals surface area contributed by atoms with Gasteiger partial charge >= 0.3 is 0 Å². The normalized spacial score (nSPS) is 11.0. The molecule has 0 aliphatic rings. The number of carbonyl (C=O) groups excluding carboxylic acids is 1. The summed E-state index contributed by atoms with van der Waals surface area (Å²) in [6, 6.07) is 20.9. The quantitative estimate of drug-likeness (QED) is 0.235. The molecule has 0 atom stereocenters. The third-order valence-electron chi connectivity index (χ3n) is 4.39. The molecule has 0 spiro atoms. The summed E-state index contributed by atoms with van der Waals surface area (Å²) >= 11 is 10.4. The average molecular weight is 605 g/mol. The lowest BCUT2D eigenvalue weighted by Gasteiger charge is -2.13.